The topological polar surface area (TPSA) is 74.7 Å². The summed E-state index contributed by atoms with van der Waals surface area (Å²) < 4.78 is 26.6. The molecule has 1 aromatic carbocycles. The Labute approximate surface area is 112 Å². The van der Waals surface area contributed by atoms with Crippen molar-refractivity contribution < 1.29 is 18.3 Å². The maximum atomic E-state index is 12.6. The lowest BCUT2D eigenvalue weighted by Gasteiger charge is -2.21. The molecule has 1 N–H and O–H groups in total. The van der Waals surface area contributed by atoms with Gasteiger partial charge < -0.3 is 5.11 Å². The predicted octanol–water partition coefficient (Wildman–Crippen LogP) is 1.87. The van der Waals surface area contributed by atoms with Gasteiger partial charge in [0.15, 0.2) is 0 Å². The SMILES string of the molecule is CCN(C1CC1)S(=O)(=O)c1cccc(C(=O)O)c1C. The van der Waals surface area contributed by atoms with Crippen LogP contribution in [0.2, 0.25) is 0 Å². The Kier molecular flexibility index (Phi) is 3.64. The van der Waals surface area contributed by atoms with Crippen molar-refractivity contribution in [3.8, 4) is 0 Å². The zero-order valence-electron chi connectivity index (χ0n) is 11.0. The van der Waals surface area contributed by atoms with Gasteiger partial charge in [0, 0.05) is 12.6 Å². The zero-order chi connectivity index (χ0) is 14.2. The third-order valence-electron chi connectivity index (χ3n) is 3.37. The molecule has 0 aromatic heterocycles. The first-order valence-corrected chi connectivity index (χ1v) is 7.68. The van der Waals surface area contributed by atoms with Crippen molar-refractivity contribution in [2.75, 3.05) is 6.54 Å². The minimum Gasteiger partial charge on any atom is -0.478 e. The molecule has 0 bridgehead atoms. The van der Waals surface area contributed by atoms with Gasteiger partial charge in [-0.1, -0.05) is 13.0 Å². The van der Waals surface area contributed by atoms with Crippen molar-refractivity contribution in [2.24, 2.45) is 0 Å². The lowest BCUT2D eigenvalue weighted by Crippen LogP contribution is -2.33. The third-order valence-corrected chi connectivity index (χ3v) is 5.54. The van der Waals surface area contributed by atoms with E-state index in [4.69, 9.17) is 5.11 Å². The normalized spacial score (nSPS) is 15.7. The number of benzene rings is 1. The maximum absolute atomic E-state index is 12.6. The quantitative estimate of drug-likeness (QED) is 0.895. The molecule has 0 unspecified atom stereocenters. The largest absolute Gasteiger partial charge is 0.478 e. The summed E-state index contributed by atoms with van der Waals surface area (Å²) in [6.07, 6.45) is 1.76. The van der Waals surface area contributed by atoms with Crippen LogP contribution in [-0.2, 0) is 10.0 Å². The molecule has 2 rings (SSSR count). The van der Waals surface area contributed by atoms with E-state index >= 15 is 0 Å². The molecule has 1 aliphatic rings. The van der Waals surface area contributed by atoms with E-state index in [0.29, 0.717) is 12.1 Å². The van der Waals surface area contributed by atoms with Crippen LogP contribution in [0.1, 0.15) is 35.7 Å². The van der Waals surface area contributed by atoms with Crippen LogP contribution >= 0.6 is 0 Å². The molecule has 0 atom stereocenters. The molecule has 0 aliphatic heterocycles. The van der Waals surface area contributed by atoms with Crippen LogP contribution in [0.15, 0.2) is 23.1 Å². The number of hydrogen-bond acceptors (Lipinski definition) is 3. The Balaban J connectivity index is 2.51. The first-order chi connectivity index (χ1) is 8.89. The predicted molar refractivity (Wildman–Crippen MR) is 70.7 cm³/mol. The molecule has 1 aromatic rings. The average Bonchev–Trinajstić information content (AvgIpc) is 3.13. The first kappa shape index (κ1) is 14.0. The molecule has 1 fully saturated rings. The van der Waals surface area contributed by atoms with E-state index in [-0.39, 0.29) is 16.5 Å². The van der Waals surface area contributed by atoms with E-state index in [1.165, 1.54) is 29.4 Å². The first-order valence-electron chi connectivity index (χ1n) is 6.24. The zero-order valence-corrected chi connectivity index (χ0v) is 11.8. The van der Waals surface area contributed by atoms with E-state index in [1.807, 2.05) is 0 Å². The van der Waals surface area contributed by atoms with Crippen LogP contribution in [0.25, 0.3) is 0 Å². The fourth-order valence-electron chi connectivity index (χ4n) is 2.24. The van der Waals surface area contributed by atoms with Gasteiger partial charge in [-0.05, 0) is 37.5 Å². The molecule has 0 heterocycles. The second-order valence-corrected chi connectivity index (χ2v) is 6.53. The van der Waals surface area contributed by atoms with Crippen LogP contribution in [0.5, 0.6) is 0 Å². The van der Waals surface area contributed by atoms with Gasteiger partial charge in [-0.25, -0.2) is 13.2 Å². The lowest BCUT2D eigenvalue weighted by atomic mass is 10.1. The minimum atomic E-state index is -3.60. The molecule has 0 spiro atoms. The molecule has 1 aliphatic carbocycles. The van der Waals surface area contributed by atoms with Gasteiger partial charge in [0.2, 0.25) is 10.0 Å². The van der Waals surface area contributed by atoms with Crippen molar-refractivity contribution >= 4 is 16.0 Å². The van der Waals surface area contributed by atoms with Crippen molar-refractivity contribution in [3.63, 3.8) is 0 Å². The summed E-state index contributed by atoms with van der Waals surface area (Å²) in [5, 5.41) is 9.06. The lowest BCUT2D eigenvalue weighted by molar-refractivity contribution is 0.0696. The van der Waals surface area contributed by atoms with Crippen molar-refractivity contribution in [3.05, 3.63) is 29.3 Å². The molecule has 0 saturated heterocycles. The molecular weight excluding hydrogens is 266 g/mol. The van der Waals surface area contributed by atoms with Crippen molar-refractivity contribution in [1.29, 1.82) is 0 Å². The number of hydrogen-bond donors (Lipinski definition) is 1. The van der Waals surface area contributed by atoms with E-state index in [1.54, 1.807) is 6.92 Å². The van der Waals surface area contributed by atoms with Crippen LogP contribution < -0.4 is 0 Å². The second-order valence-electron chi connectivity index (χ2n) is 4.67. The Morgan fingerprint density at radius 1 is 1.42 bits per heavy atom. The van der Waals surface area contributed by atoms with Crippen molar-refractivity contribution in [2.45, 2.75) is 37.6 Å². The van der Waals surface area contributed by atoms with Gasteiger partial charge in [-0.15, -0.1) is 0 Å². The number of carboxylic acid groups (broad SMARTS) is 1. The number of nitrogens with zero attached hydrogens (tertiary/aromatic N) is 1. The fourth-order valence-corrected chi connectivity index (χ4v) is 4.18. The van der Waals surface area contributed by atoms with E-state index < -0.39 is 16.0 Å². The second kappa shape index (κ2) is 4.94. The monoisotopic (exact) mass is 283 g/mol. The van der Waals surface area contributed by atoms with Gasteiger partial charge in [0.25, 0.3) is 0 Å². The fraction of sp³-hybridized carbons (Fsp3) is 0.462. The van der Waals surface area contributed by atoms with Gasteiger partial charge in [0.05, 0.1) is 10.5 Å². The summed E-state index contributed by atoms with van der Waals surface area (Å²) >= 11 is 0. The number of rotatable bonds is 5. The highest BCUT2D eigenvalue weighted by Crippen LogP contribution is 2.33. The molecule has 19 heavy (non-hydrogen) atoms. The van der Waals surface area contributed by atoms with Crippen LogP contribution in [0.3, 0.4) is 0 Å². The summed E-state index contributed by atoms with van der Waals surface area (Å²) in [4.78, 5) is 11.2. The van der Waals surface area contributed by atoms with Crippen LogP contribution in [0.4, 0.5) is 0 Å². The smallest absolute Gasteiger partial charge is 0.335 e. The molecule has 5 nitrogen and oxygen atoms in total. The molecule has 0 radical (unpaired) electrons. The van der Waals surface area contributed by atoms with Gasteiger partial charge in [0.1, 0.15) is 0 Å². The van der Waals surface area contributed by atoms with Crippen LogP contribution in [-0.4, -0.2) is 36.4 Å². The minimum absolute atomic E-state index is 0.0351. The number of aromatic carboxylic acids is 1. The molecule has 104 valence electrons. The number of carboxylic acids is 1. The molecular formula is C13H17NO4S. The summed E-state index contributed by atoms with van der Waals surface area (Å²) in [5.74, 6) is -1.11. The summed E-state index contributed by atoms with van der Waals surface area (Å²) in [5.41, 5.74) is 0.335. The summed E-state index contributed by atoms with van der Waals surface area (Å²) in [6.45, 7) is 3.74. The average molecular weight is 283 g/mol. The molecule has 1 saturated carbocycles. The molecule has 6 heteroatoms. The van der Waals surface area contributed by atoms with Gasteiger partial charge in [-0.3, -0.25) is 0 Å². The van der Waals surface area contributed by atoms with Crippen molar-refractivity contribution in [1.82, 2.24) is 4.31 Å². The summed E-state index contributed by atoms with van der Waals surface area (Å²) in [7, 11) is -3.60. The van der Waals surface area contributed by atoms with Crippen LogP contribution in [0, 0.1) is 6.92 Å². The van der Waals surface area contributed by atoms with E-state index in [9.17, 15) is 13.2 Å². The van der Waals surface area contributed by atoms with Gasteiger partial charge >= 0.3 is 5.97 Å². The number of sulfonamides is 1. The highest BCUT2D eigenvalue weighted by atomic mass is 32.2. The van der Waals surface area contributed by atoms with Gasteiger partial charge in [-0.2, -0.15) is 4.31 Å². The van der Waals surface area contributed by atoms with E-state index in [2.05, 4.69) is 0 Å². The highest BCUT2D eigenvalue weighted by Gasteiger charge is 2.37. The Bertz CT molecular complexity index is 605. The summed E-state index contributed by atoms with van der Waals surface area (Å²) in [6, 6.07) is 4.44. The Morgan fingerprint density at radius 3 is 2.53 bits per heavy atom. The van der Waals surface area contributed by atoms with E-state index in [0.717, 1.165) is 12.8 Å². The third kappa shape index (κ3) is 2.50. The number of carbonyl (C=O) groups is 1. The maximum Gasteiger partial charge on any atom is 0.335 e. The molecule has 0 amide bonds. The Hall–Kier alpha value is -1.40. The Morgan fingerprint density at radius 2 is 2.05 bits per heavy atom. The highest BCUT2D eigenvalue weighted by molar-refractivity contribution is 7.89. The standard InChI is InChI=1S/C13H17NO4S/c1-3-14(10-7-8-10)19(17,18)12-6-4-5-11(9(12)2)13(15)16/h4-6,10H,3,7-8H2,1-2H3,(H,15,16).